The number of nitrogens with zero attached hydrogens (tertiary/aromatic N) is 5. The van der Waals surface area contributed by atoms with Crippen molar-refractivity contribution in [2.45, 2.75) is 6.54 Å². The Balaban J connectivity index is 1.38. The summed E-state index contributed by atoms with van der Waals surface area (Å²) in [4.78, 5) is 21.9. The molecule has 0 spiro atoms. The van der Waals surface area contributed by atoms with Gasteiger partial charge < -0.3 is 9.80 Å². The molecule has 0 unspecified atom stereocenters. The van der Waals surface area contributed by atoms with Gasteiger partial charge in [0.2, 0.25) is 0 Å². The average molecular weight is 424 g/mol. The van der Waals surface area contributed by atoms with E-state index >= 15 is 0 Å². The molecule has 1 aliphatic heterocycles. The molecule has 1 amide bonds. The molecule has 3 heterocycles. The summed E-state index contributed by atoms with van der Waals surface area (Å²) in [5, 5.41) is 4.81. The second-order valence-corrected chi connectivity index (χ2v) is 7.93. The number of hydrogen-bond acceptors (Lipinski definition) is 4. The molecule has 6 heteroatoms. The van der Waals surface area contributed by atoms with Gasteiger partial charge in [-0.05, 0) is 17.7 Å². The van der Waals surface area contributed by atoms with E-state index in [2.05, 4.69) is 22.0 Å². The number of rotatable bonds is 5. The summed E-state index contributed by atoms with van der Waals surface area (Å²) in [7, 11) is 0. The van der Waals surface area contributed by atoms with E-state index in [1.54, 1.807) is 12.4 Å². The first-order valence-electron chi connectivity index (χ1n) is 10.9. The molecule has 0 bridgehead atoms. The van der Waals surface area contributed by atoms with E-state index in [0.717, 1.165) is 35.6 Å². The Labute approximate surface area is 187 Å². The minimum Gasteiger partial charge on any atom is -0.368 e. The predicted molar refractivity (Wildman–Crippen MR) is 126 cm³/mol. The second-order valence-electron chi connectivity index (χ2n) is 7.93. The summed E-state index contributed by atoms with van der Waals surface area (Å²) >= 11 is 0. The highest BCUT2D eigenvalue weighted by Crippen LogP contribution is 2.25. The summed E-state index contributed by atoms with van der Waals surface area (Å²) < 4.78 is 1.87. The fourth-order valence-electron chi connectivity index (χ4n) is 4.13. The molecule has 1 aliphatic rings. The number of piperazine rings is 1. The number of hydrogen-bond donors (Lipinski definition) is 0. The lowest BCUT2D eigenvalue weighted by Gasteiger charge is -2.36. The molecule has 2 aromatic carbocycles. The second kappa shape index (κ2) is 9.06. The summed E-state index contributed by atoms with van der Waals surface area (Å²) in [5.74, 6) is 0.0394. The summed E-state index contributed by atoms with van der Waals surface area (Å²) in [6.07, 6.45) is 5.51. The Bertz CT molecular complexity index is 1170. The Kier molecular flexibility index (Phi) is 5.66. The van der Waals surface area contributed by atoms with Gasteiger partial charge in [0, 0.05) is 56.0 Å². The van der Waals surface area contributed by atoms with Crippen LogP contribution in [0.2, 0.25) is 0 Å². The van der Waals surface area contributed by atoms with Gasteiger partial charge in [-0.1, -0.05) is 60.7 Å². The van der Waals surface area contributed by atoms with Crippen LogP contribution < -0.4 is 4.90 Å². The molecule has 0 radical (unpaired) electrons. The molecule has 6 nitrogen and oxygen atoms in total. The lowest BCUT2D eigenvalue weighted by molar-refractivity contribution is 0.0747. The number of carbonyl (C=O) groups is 1. The van der Waals surface area contributed by atoms with E-state index < -0.39 is 0 Å². The van der Waals surface area contributed by atoms with Crippen LogP contribution in [0.15, 0.2) is 91.4 Å². The van der Waals surface area contributed by atoms with Gasteiger partial charge in [0.1, 0.15) is 5.69 Å². The normalized spacial score (nSPS) is 13.9. The molecule has 0 aliphatic carbocycles. The lowest BCUT2D eigenvalue weighted by atomic mass is 10.1. The van der Waals surface area contributed by atoms with Crippen LogP contribution in [0.1, 0.15) is 15.9 Å². The summed E-state index contributed by atoms with van der Waals surface area (Å²) in [5.41, 5.74) is 4.65. The third-order valence-electron chi connectivity index (χ3n) is 5.82. The van der Waals surface area contributed by atoms with E-state index in [1.165, 1.54) is 0 Å². The van der Waals surface area contributed by atoms with Gasteiger partial charge in [-0.25, -0.2) is 0 Å². The Hall–Kier alpha value is -3.93. The Morgan fingerprint density at radius 3 is 2.16 bits per heavy atom. The zero-order valence-electron chi connectivity index (χ0n) is 17.8. The third kappa shape index (κ3) is 4.25. The predicted octanol–water partition coefficient (Wildman–Crippen LogP) is 3.96. The lowest BCUT2D eigenvalue weighted by Crippen LogP contribution is -2.48. The van der Waals surface area contributed by atoms with Gasteiger partial charge in [-0.3, -0.25) is 14.5 Å². The van der Waals surface area contributed by atoms with Crippen molar-refractivity contribution in [3.63, 3.8) is 0 Å². The van der Waals surface area contributed by atoms with E-state index in [9.17, 15) is 4.79 Å². The highest BCUT2D eigenvalue weighted by molar-refractivity contribution is 6.00. The zero-order valence-corrected chi connectivity index (χ0v) is 17.8. The van der Waals surface area contributed by atoms with Crippen molar-refractivity contribution in [3.05, 3.63) is 103 Å². The van der Waals surface area contributed by atoms with Gasteiger partial charge in [-0.2, -0.15) is 5.10 Å². The van der Waals surface area contributed by atoms with Crippen molar-refractivity contribution in [2.24, 2.45) is 0 Å². The van der Waals surface area contributed by atoms with Crippen molar-refractivity contribution in [3.8, 4) is 11.3 Å². The number of pyridine rings is 1. The van der Waals surface area contributed by atoms with E-state index in [-0.39, 0.29) is 5.91 Å². The molecule has 5 rings (SSSR count). The van der Waals surface area contributed by atoms with Crippen LogP contribution in [-0.2, 0) is 6.54 Å². The quantitative estimate of drug-likeness (QED) is 0.488. The minimum absolute atomic E-state index is 0.0394. The van der Waals surface area contributed by atoms with Gasteiger partial charge in [0.05, 0.1) is 12.1 Å². The molecular formula is C26H25N5O. The fourth-order valence-corrected chi connectivity index (χ4v) is 4.13. The molecule has 32 heavy (non-hydrogen) atoms. The van der Waals surface area contributed by atoms with Crippen LogP contribution in [0.3, 0.4) is 0 Å². The van der Waals surface area contributed by atoms with Crippen LogP contribution in [0.25, 0.3) is 11.3 Å². The highest BCUT2D eigenvalue weighted by Gasteiger charge is 2.26. The first kappa shape index (κ1) is 20.0. The van der Waals surface area contributed by atoms with Crippen molar-refractivity contribution < 1.29 is 4.79 Å². The van der Waals surface area contributed by atoms with Gasteiger partial charge in [0.25, 0.3) is 5.91 Å². The number of carbonyl (C=O) groups excluding carboxylic acids is 1. The van der Waals surface area contributed by atoms with Crippen molar-refractivity contribution in [1.29, 1.82) is 0 Å². The molecule has 160 valence electrons. The first-order valence-corrected chi connectivity index (χ1v) is 10.9. The third-order valence-corrected chi connectivity index (χ3v) is 5.82. The summed E-state index contributed by atoms with van der Waals surface area (Å²) in [6, 6.07) is 24.2. The number of aromatic nitrogens is 3. The highest BCUT2D eigenvalue weighted by atomic mass is 16.2. The maximum atomic E-state index is 13.5. The topological polar surface area (TPSA) is 54.3 Å². The van der Waals surface area contributed by atoms with Gasteiger partial charge in [0.15, 0.2) is 0 Å². The molecule has 0 saturated carbocycles. The molecule has 0 atom stereocenters. The Morgan fingerprint density at radius 2 is 1.47 bits per heavy atom. The van der Waals surface area contributed by atoms with Gasteiger partial charge in [-0.15, -0.1) is 0 Å². The van der Waals surface area contributed by atoms with Crippen LogP contribution in [0, 0.1) is 0 Å². The number of anilines is 1. The molecule has 1 fully saturated rings. The molecule has 1 saturated heterocycles. The fraction of sp³-hybridized carbons (Fsp3) is 0.192. The van der Waals surface area contributed by atoms with Gasteiger partial charge >= 0.3 is 0 Å². The van der Waals surface area contributed by atoms with E-state index in [4.69, 9.17) is 5.10 Å². The largest absolute Gasteiger partial charge is 0.368 e. The van der Waals surface area contributed by atoms with Crippen molar-refractivity contribution >= 4 is 11.6 Å². The average Bonchev–Trinajstić information content (AvgIpc) is 3.29. The van der Waals surface area contributed by atoms with Crippen LogP contribution in [-0.4, -0.2) is 51.8 Å². The molecule has 0 N–H and O–H groups in total. The first-order chi connectivity index (χ1) is 15.8. The molecule has 2 aromatic heterocycles. The number of amides is 1. The maximum Gasteiger partial charge on any atom is 0.257 e. The SMILES string of the molecule is O=C(c1cn(Cc2ccccc2)nc1-c1ccccc1)N1CCN(c2ccncc2)CC1. The Morgan fingerprint density at radius 1 is 0.812 bits per heavy atom. The van der Waals surface area contributed by atoms with E-state index in [1.807, 2.05) is 76.4 Å². The smallest absolute Gasteiger partial charge is 0.257 e. The zero-order chi connectivity index (χ0) is 21.8. The summed E-state index contributed by atoms with van der Waals surface area (Å²) in [6.45, 7) is 3.59. The maximum absolute atomic E-state index is 13.5. The van der Waals surface area contributed by atoms with Crippen LogP contribution in [0.4, 0.5) is 5.69 Å². The minimum atomic E-state index is 0.0394. The van der Waals surface area contributed by atoms with Crippen LogP contribution >= 0.6 is 0 Å². The number of benzene rings is 2. The standard InChI is InChI=1S/C26H25N5O/c32-26(30-17-15-29(16-18-30)23-11-13-27-14-12-23)24-20-31(19-21-7-3-1-4-8-21)28-25(24)22-9-5-2-6-10-22/h1-14,20H,15-19H2. The van der Waals surface area contributed by atoms with E-state index in [0.29, 0.717) is 25.2 Å². The van der Waals surface area contributed by atoms with Crippen molar-refractivity contribution in [1.82, 2.24) is 19.7 Å². The molecular weight excluding hydrogens is 398 g/mol. The molecule has 4 aromatic rings. The monoisotopic (exact) mass is 423 g/mol. The van der Waals surface area contributed by atoms with Crippen molar-refractivity contribution in [2.75, 3.05) is 31.1 Å². The van der Waals surface area contributed by atoms with Crippen LogP contribution in [0.5, 0.6) is 0 Å².